The van der Waals surface area contributed by atoms with Gasteiger partial charge in [0.2, 0.25) is 0 Å². The molecular formula is C71H40O2. The van der Waals surface area contributed by atoms with E-state index < -0.39 is 5.41 Å². The van der Waals surface area contributed by atoms with Crippen molar-refractivity contribution in [2.45, 2.75) is 5.41 Å². The fourth-order valence-corrected chi connectivity index (χ4v) is 13.4. The molecule has 15 aromatic rings. The summed E-state index contributed by atoms with van der Waals surface area (Å²) >= 11 is 0. The van der Waals surface area contributed by atoms with E-state index in [0.717, 1.165) is 66.1 Å². The van der Waals surface area contributed by atoms with Crippen molar-refractivity contribution in [2.75, 3.05) is 0 Å². The molecule has 2 aliphatic rings. The van der Waals surface area contributed by atoms with Gasteiger partial charge < -0.3 is 8.83 Å². The van der Waals surface area contributed by atoms with E-state index in [2.05, 4.69) is 243 Å². The van der Waals surface area contributed by atoms with Crippen LogP contribution in [-0.4, -0.2) is 0 Å². The van der Waals surface area contributed by atoms with Crippen LogP contribution >= 0.6 is 0 Å². The Balaban J connectivity index is 0.852. The zero-order valence-corrected chi connectivity index (χ0v) is 39.4. The zero-order valence-electron chi connectivity index (χ0n) is 39.4. The van der Waals surface area contributed by atoms with Gasteiger partial charge in [-0.1, -0.05) is 194 Å². The summed E-state index contributed by atoms with van der Waals surface area (Å²) in [4.78, 5) is 0. The molecule has 0 unspecified atom stereocenters. The number of furan rings is 2. The number of fused-ring (bicyclic) bond motifs is 22. The van der Waals surface area contributed by atoms with Gasteiger partial charge in [0.05, 0.1) is 5.41 Å². The van der Waals surface area contributed by atoms with E-state index >= 15 is 0 Å². The summed E-state index contributed by atoms with van der Waals surface area (Å²) in [6.45, 7) is 0. The highest BCUT2D eigenvalue weighted by atomic mass is 16.3. The van der Waals surface area contributed by atoms with Crippen molar-refractivity contribution in [1.82, 2.24) is 0 Å². The first-order chi connectivity index (χ1) is 36.2. The summed E-state index contributed by atoms with van der Waals surface area (Å²) in [5.41, 5.74) is 20.3. The van der Waals surface area contributed by atoms with E-state index in [0.29, 0.717) is 0 Å². The Morgan fingerprint density at radius 2 is 0.616 bits per heavy atom. The summed E-state index contributed by atoms with van der Waals surface area (Å²) in [6, 6.07) is 89.9. The first-order valence-corrected chi connectivity index (χ1v) is 25.3. The second kappa shape index (κ2) is 14.3. The first kappa shape index (κ1) is 39.2. The average Bonchev–Trinajstić information content (AvgIpc) is 4.27. The summed E-state index contributed by atoms with van der Waals surface area (Å²) in [5, 5.41) is 14.2. The van der Waals surface area contributed by atoms with Crippen LogP contribution in [0.25, 0.3) is 143 Å². The monoisotopic (exact) mass is 924 g/mol. The second-order valence-corrected chi connectivity index (χ2v) is 20.2. The molecule has 0 fully saturated rings. The van der Waals surface area contributed by atoms with Crippen LogP contribution in [0.1, 0.15) is 22.3 Å². The fraction of sp³-hybridized carbons (Fsp3) is 0.0141. The predicted molar refractivity (Wildman–Crippen MR) is 304 cm³/mol. The molecule has 2 heteroatoms. The molecule has 0 saturated heterocycles. The van der Waals surface area contributed by atoms with Gasteiger partial charge in [-0.05, 0) is 158 Å². The van der Waals surface area contributed by atoms with Crippen LogP contribution in [0.2, 0.25) is 0 Å². The number of benzene rings is 13. The number of rotatable bonds is 3. The van der Waals surface area contributed by atoms with Gasteiger partial charge in [-0.2, -0.15) is 0 Å². The summed E-state index contributed by atoms with van der Waals surface area (Å²) < 4.78 is 13.9. The van der Waals surface area contributed by atoms with E-state index in [-0.39, 0.29) is 0 Å². The maximum atomic E-state index is 7.03. The zero-order chi connectivity index (χ0) is 47.5. The molecule has 1 spiro atoms. The van der Waals surface area contributed by atoms with Crippen LogP contribution in [-0.2, 0) is 5.41 Å². The largest absolute Gasteiger partial charge is 0.455 e. The summed E-state index contributed by atoms with van der Waals surface area (Å²) in [6.07, 6.45) is 0. The molecule has 2 heterocycles. The third-order valence-corrected chi connectivity index (χ3v) is 16.6. The molecule has 2 aromatic heterocycles. The number of hydrogen-bond donors (Lipinski definition) is 0. The Bertz CT molecular complexity index is 4860. The Morgan fingerprint density at radius 3 is 1.15 bits per heavy atom. The van der Waals surface area contributed by atoms with Crippen molar-refractivity contribution in [3.63, 3.8) is 0 Å². The van der Waals surface area contributed by atoms with Crippen LogP contribution in [0.3, 0.4) is 0 Å². The molecule has 0 saturated carbocycles. The van der Waals surface area contributed by atoms with Crippen LogP contribution in [0.15, 0.2) is 251 Å². The molecule has 0 aliphatic heterocycles. The van der Waals surface area contributed by atoms with Crippen molar-refractivity contribution < 1.29 is 8.83 Å². The molecule has 0 N–H and O–H groups in total. The van der Waals surface area contributed by atoms with Crippen molar-refractivity contribution in [3.8, 4) is 55.6 Å². The Labute approximate surface area is 419 Å². The van der Waals surface area contributed by atoms with Gasteiger partial charge in [0.25, 0.3) is 0 Å². The molecule has 73 heavy (non-hydrogen) atoms. The minimum absolute atomic E-state index is 0.547. The van der Waals surface area contributed by atoms with Crippen molar-refractivity contribution >= 4 is 87.0 Å². The normalized spacial score (nSPS) is 13.3. The Kier molecular flexibility index (Phi) is 7.70. The van der Waals surface area contributed by atoms with E-state index in [1.165, 1.54) is 98.7 Å². The minimum Gasteiger partial charge on any atom is -0.455 e. The molecule has 0 atom stereocenters. The van der Waals surface area contributed by atoms with E-state index in [1.54, 1.807) is 0 Å². The van der Waals surface area contributed by atoms with Crippen LogP contribution in [0.4, 0.5) is 0 Å². The lowest BCUT2D eigenvalue weighted by Crippen LogP contribution is -2.26. The smallest absolute Gasteiger partial charge is 0.143 e. The lowest BCUT2D eigenvalue weighted by Gasteiger charge is -2.31. The Morgan fingerprint density at radius 1 is 0.233 bits per heavy atom. The molecule has 0 amide bonds. The molecule has 0 bridgehead atoms. The van der Waals surface area contributed by atoms with Gasteiger partial charge in [-0.15, -0.1) is 0 Å². The third-order valence-electron chi connectivity index (χ3n) is 16.6. The van der Waals surface area contributed by atoms with Gasteiger partial charge >= 0.3 is 0 Å². The summed E-state index contributed by atoms with van der Waals surface area (Å²) in [5.74, 6) is 0. The SMILES string of the molecule is c1ccc2c(c1)-c1ccccc1C21c2cc(-c3ccc(-c4cc5ccccc5c5c4oc4cc6ccccc6cc45)cc3)ccc2-c2ccc(-c3cc4ccccc4c4c3oc3cc5ccccc5cc34)cc21. The van der Waals surface area contributed by atoms with Gasteiger partial charge in [0.1, 0.15) is 22.3 Å². The third kappa shape index (κ3) is 5.26. The van der Waals surface area contributed by atoms with Gasteiger partial charge in [-0.3, -0.25) is 0 Å². The molecule has 13 aromatic carbocycles. The molecule has 17 rings (SSSR count). The topological polar surface area (TPSA) is 26.3 Å². The fourth-order valence-electron chi connectivity index (χ4n) is 13.4. The first-order valence-electron chi connectivity index (χ1n) is 25.3. The maximum absolute atomic E-state index is 7.03. The Hall–Kier alpha value is -9.50. The summed E-state index contributed by atoms with van der Waals surface area (Å²) in [7, 11) is 0. The van der Waals surface area contributed by atoms with Crippen molar-refractivity contribution in [1.29, 1.82) is 0 Å². The second-order valence-electron chi connectivity index (χ2n) is 20.2. The lowest BCUT2D eigenvalue weighted by molar-refractivity contribution is 0.670. The van der Waals surface area contributed by atoms with Gasteiger partial charge in [-0.25, -0.2) is 0 Å². The molecule has 2 nitrogen and oxygen atoms in total. The van der Waals surface area contributed by atoms with E-state index in [1.807, 2.05) is 0 Å². The standard InChI is InChI=1S/C71H40O2/c1-3-15-45-39-65-59(33-43(45)13-1)67-51-19-7-5-17-48(51)35-57(69(67)72-65)42-27-25-41(26-28-42)47-29-31-55-56-32-30-50(38-64(56)71(63(55)37-47)61-23-11-9-21-53(61)54-22-10-12-24-62(54)71)58-36-49-18-6-8-20-52(49)68-60-34-44-14-2-4-16-46(44)40-66(60)73-70(58)68/h1-40H. The number of hydrogen-bond acceptors (Lipinski definition) is 2. The van der Waals surface area contributed by atoms with Crippen LogP contribution < -0.4 is 0 Å². The average molecular weight is 925 g/mol. The van der Waals surface area contributed by atoms with Gasteiger partial charge in [0, 0.05) is 32.7 Å². The lowest BCUT2D eigenvalue weighted by atomic mass is 9.70. The highest BCUT2D eigenvalue weighted by Crippen LogP contribution is 2.64. The molecular weight excluding hydrogens is 885 g/mol. The van der Waals surface area contributed by atoms with Crippen molar-refractivity contribution in [3.05, 3.63) is 265 Å². The van der Waals surface area contributed by atoms with Crippen LogP contribution in [0.5, 0.6) is 0 Å². The quantitative estimate of drug-likeness (QED) is 0.176. The predicted octanol–water partition coefficient (Wildman–Crippen LogP) is 19.4. The maximum Gasteiger partial charge on any atom is 0.143 e. The highest BCUT2D eigenvalue weighted by molar-refractivity contribution is 6.25. The van der Waals surface area contributed by atoms with Gasteiger partial charge in [0.15, 0.2) is 0 Å². The molecule has 336 valence electrons. The van der Waals surface area contributed by atoms with Crippen LogP contribution in [0, 0.1) is 0 Å². The highest BCUT2D eigenvalue weighted by Gasteiger charge is 2.52. The van der Waals surface area contributed by atoms with Crippen molar-refractivity contribution in [2.24, 2.45) is 0 Å². The molecule has 2 aliphatic carbocycles. The van der Waals surface area contributed by atoms with E-state index in [4.69, 9.17) is 8.83 Å². The minimum atomic E-state index is -0.547. The van der Waals surface area contributed by atoms with E-state index in [9.17, 15) is 0 Å². The molecule has 0 radical (unpaired) electrons.